The lowest BCUT2D eigenvalue weighted by Crippen LogP contribution is -2.48. The SMILES string of the molecule is COc1ccc(C(=O)N2C[C@H]3CC[C@@H]2CN(S(=O)(=O)N(C)C)C3)o1. The van der Waals surface area contributed by atoms with Crippen LogP contribution < -0.4 is 4.74 Å². The zero-order valence-electron chi connectivity index (χ0n) is 14.1. The van der Waals surface area contributed by atoms with Crippen LogP contribution in [0.1, 0.15) is 23.4 Å². The van der Waals surface area contributed by atoms with Gasteiger partial charge in [0.25, 0.3) is 22.1 Å². The first-order valence-corrected chi connectivity index (χ1v) is 9.35. The van der Waals surface area contributed by atoms with Gasteiger partial charge in [-0.15, -0.1) is 0 Å². The molecule has 9 heteroatoms. The monoisotopic (exact) mass is 357 g/mol. The number of amides is 1. The number of fused-ring (bicyclic) bond motifs is 4. The second-order valence-corrected chi connectivity index (χ2v) is 8.63. The van der Waals surface area contributed by atoms with E-state index in [0.29, 0.717) is 19.6 Å². The summed E-state index contributed by atoms with van der Waals surface area (Å²) in [5, 5.41) is 0. The van der Waals surface area contributed by atoms with Crippen molar-refractivity contribution in [2.75, 3.05) is 40.8 Å². The minimum absolute atomic E-state index is 0.137. The Kier molecular flexibility index (Phi) is 4.58. The van der Waals surface area contributed by atoms with Crippen molar-refractivity contribution in [3.8, 4) is 5.95 Å². The van der Waals surface area contributed by atoms with Gasteiger partial charge in [0.05, 0.1) is 7.11 Å². The lowest BCUT2D eigenvalue weighted by molar-refractivity contribution is 0.0550. The van der Waals surface area contributed by atoms with Crippen LogP contribution in [-0.4, -0.2) is 74.7 Å². The lowest BCUT2D eigenvalue weighted by Gasteiger charge is -2.35. The number of hydrogen-bond acceptors (Lipinski definition) is 5. The lowest BCUT2D eigenvalue weighted by atomic mass is 9.95. The number of rotatable bonds is 4. The molecule has 0 radical (unpaired) electrons. The summed E-state index contributed by atoms with van der Waals surface area (Å²) in [6.07, 6.45) is 1.73. The third kappa shape index (κ3) is 3.03. The molecule has 2 bridgehead atoms. The molecule has 0 saturated carbocycles. The number of carbonyl (C=O) groups excluding carboxylic acids is 1. The van der Waals surface area contributed by atoms with E-state index in [1.165, 1.54) is 29.8 Å². The first-order chi connectivity index (χ1) is 11.3. The van der Waals surface area contributed by atoms with Crippen LogP contribution >= 0.6 is 0 Å². The molecule has 134 valence electrons. The summed E-state index contributed by atoms with van der Waals surface area (Å²) in [6.45, 7) is 1.31. The van der Waals surface area contributed by atoms with Crippen LogP contribution in [-0.2, 0) is 10.2 Å². The van der Waals surface area contributed by atoms with E-state index in [2.05, 4.69) is 0 Å². The average Bonchev–Trinajstić information content (AvgIpc) is 2.84. The van der Waals surface area contributed by atoms with Crippen LogP contribution in [0.15, 0.2) is 16.5 Å². The van der Waals surface area contributed by atoms with Crippen LogP contribution in [0.3, 0.4) is 0 Å². The third-order valence-electron chi connectivity index (χ3n) is 4.72. The van der Waals surface area contributed by atoms with Gasteiger partial charge in [-0.2, -0.15) is 17.0 Å². The quantitative estimate of drug-likeness (QED) is 0.789. The summed E-state index contributed by atoms with van der Waals surface area (Å²) in [4.78, 5) is 14.5. The zero-order chi connectivity index (χ0) is 17.5. The normalized spacial score (nSPS) is 25.1. The molecule has 8 nitrogen and oxygen atoms in total. The Morgan fingerprint density at radius 1 is 1.25 bits per heavy atom. The van der Waals surface area contributed by atoms with Gasteiger partial charge < -0.3 is 14.1 Å². The van der Waals surface area contributed by atoms with Gasteiger partial charge in [0, 0.05) is 45.8 Å². The number of ether oxygens (including phenoxy) is 1. The number of nitrogens with zero attached hydrogens (tertiary/aromatic N) is 3. The smallest absolute Gasteiger partial charge is 0.290 e. The second-order valence-electron chi connectivity index (χ2n) is 6.48. The Labute approximate surface area is 142 Å². The minimum Gasteiger partial charge on any atom is -0.468 e. The van der Waals surface area contributed by atoms with Crippen molar-refractivity contribution in [2.24, 2.45) is 5.92 Å². The predicted octanol–water partition coefficient (Wildman–Crippen LogP) is 0.631. The molecule has 3 saturated heterocycles. The summed E-state index contributed by atoms with van der Waals surface area (Å²) in [7, 11) is 1.06. The van der Waals surface area contributed by atoms with Crippen LogP contribution in [0.2, 0.25) is 0 Å². The second kappa shape index (κ2) is 6.38. The van der Waals surface area contributed by atoms with Crippen molar-refractivity contribution in [1.29, 1.82) is 0 Å². The summed E-state index contributed by atoms with van der Waals surface area (Å²) < 4.78 is 38.0. The first-order valence-electron chi connectivity index (χ1n) is 7.95. The summed E-state index contributed by atoms with van der Waals surface area (Å²) in [5.41, 5.74) is 0. The number of carbonyl (C=O) groups is 1. The number of piperidine rings is 1. The predicted molar refractivity (Wildman–Crippen MR) is 87.0 cm³/mol. The van der Waals surface area contributed by atoms with Crippen molar-refractivity contribution in [2.45, 2.75) is 18.9 Å². The molecule has 0 N–H and O–H groups in total. The molecule has 4 rings (SSSR count). The third-order valence-corrected chi connectivity index (χ3v) is 6.60. The van der Waals surface area contributed by atoms with Gasteiger partial charge in [-0.25, -0.2) is 0 Å². The molecule has 3 aliphatic rings. The van der Waals surface area contributed by atoms with E-state index in [-0.39, 0.29) is 29.6 Å². The highest BCUT2D eigenvalue weighted by Crippen LogP contribution is 2.31. The fourth-order valence-corrected chi connectivity index (χ4v) is 4.61. The molecule has 0 unspecified atom stereocenters. The summed E-state index contributed by atoms with van der Waals surface area (Å²) >= 11 is 0. The molecule has 3 fully saturated rings. The van der Waals surface area contributed by atoms with E-state index in [9.17, 15) is 13.2 Å². The van der Waals surface area contributed by atoms with Crippen molar-refractivity contribution < 1.29 is 22.4 Å². The Morgan fingerprint density at radius 2 is 2.00 bits per heavy atom. The summed E-state index contributed by atoms with van der Waals surface area (Å²) in [5.74, 6) is 0.438. The first kappa shape index (κ1) is 17.2. The molecule has 0 spiro atoms. The highest BCUT2D eigenvalue weighted by atomic mass is 32.2. The van der Waals surface area contributed by atoms with Crippen molar-refractivity contribution in [1.82, 2.24) is 13.5 Å². The molecular formula is C15H23N3O5S. The van der Waals surface area contributed by atoms with Gasteiger partial charge >= 0.3 is 0 Å². The number of hydrogen-bond donors (Lipinski definition) is 0. The Balaban J connectivity index is 1.82. The largest absolute Gasteiger partial charge is 0.468 e. The van der Waals surface area contributed by atoms with E-state index in [0.717, 1.165) is 12.8 Å². The standard InChI is InChI=1S/C15H23N3O5S/c1-16(2)24(20,21)17-8-11-4-5-12(10-17)18(9-11)15(19)13-6-7-14(22-3)23-13/h6-7,11-12H,4-5,8-10H2,1-3H3/t11-,12+/m0/s1. The topological polar surface area (TPSA) is 83.3 Å². The van der Waals surface area contributed by atoms with E-state index < -0.39 is 10.2 Å². The van der Waals surface area contributed by atoms with Crippen LogP contribution in [0.25, 0.3) is 0 Å². The van der Waals surface area contributed by atoms with Gasteiger partial charge in [0.2, 0.25) is 0 Å². The fraction of sp³-hybridized carbons (Fsp3) is 0.667. The maximum Gasteiger partial charge on any atom is 0.290 e. The van der Waals surface area contributed by atoms with E-state index in [1.54, 1.807) is 17.0 Å². The Hall–Kier alpha value is -1.58. The van der Waals surface area contributed by atoms with Gasteiger partial charge in [-0.1, -0.05) is 0 Å². The molecule has 1 aromatic rings. The van der Waals surface area contributed by atoms with Crippen LogP contribution in [0.4, 0.5) is 0 Å². The molecule has 1 aromatic heterocycles. The van der Waals surface area contributed by atoms with E-state index in [1.807, 2.05) is 0 Å². The van der Waals surface area contributed by atoms with Gasteiger partial charge in [-0.05, 0) is 24.8 Å². The molecule has 0 aliphatic carbocycles. The van der Waals surface area contributed by atoms with Crippen LogP contribution in [0.5, 0.6) is 5.95 Å². The Morgan fingerprint density at radius 3 is 2.62 bits per heavy atom. The van der Waals surface area contributed by atoms with Crippen molar-refractivity contribution >= 4 is 16.1 Å². The summed E-state index contributed by atoms with van der Waals surface area (Å²) in [6, 6.07) is 3.06. The molecule has 3 aliphatic heterocycles. The minimum atomic E-state index is -3.48. The molecule has 1 amide bonds. The number of furan rings is 1. The van der Waals surface area contributed by atoms with Gasteiger partial charge in [0.1, 0.15) is 0 Å². The van der Waals surface area contributed by atoms with Crippen LogP contribution in [0, 0.1) is 5.92 Å². The molecule has 0 aromatic carbocycles. The highest BCUT2D eigenvalue weighted by molar-refractivity contribution is 7.86. The highest BCUT2D eigenvalue weighted by Gasteiger charge is 2.42. The van der Waals surface area contributed by atoms with Gasteiger partial charge in [-0.3, -0.25) is 4.79 Å². The molecular weight excluding hydrogens is 334 g/mol. The molecule has 24 heavy (non-hydrogen) atoms. The number of methoxy groups -OCH3 is 1. The molecule has 2 atom stereocenters. The van der Waals surface area contributed by atoms with Crippen molar-refractivity contribution in [3.63, 3.8) is 0 Å². The maximum absolute atomic E-state index is 12.8. The van der Waals surface area contributed by atoms with E-state index in [4.69, 9.17) is 9.15 Å². The van der Waals surface area contributed by atoms with E-state index >= 15 is 0 Å². The Bertz CT molecular complexity index is 714. The fourth-order valence-electron chi connectivity index (χ4n) is 3.39. The average molecular weight is 357 g/mol. The van der Waals surface area contributed by atoms with Gasteiger partial charge in [0.15, 0.2) is 5.76 Å². The maximum atomic E-state index is 12.8. The van der Waals surface area contributed by atoms with Crippen molar-refractivity contribution in [3.05, 3.63) is 17.9 Å². The molecule has 4 heterocycles. The zero-order valence-corrected chi connectivity index (χ0v) is 15.0.